The summed E-state index contributed by atoms with van der Waals surface area (Å²) >= 11 is 0. The van der Waals surface area contributed by atoms with E-state index in [0.29, 0.717) is 55.3 Å². The van der Waals surface area contributed by atoms with Crippen LogP contribution in [0, 0.1) is 12.7 Å². The maximum absolute atomic E-state index is 13.1. The number of aryl methyl sites for hydroxylation is 2. The molecule has 1 saturated heterocycles. The van der Waals surface area contributed by atoms with Crippen LogP contribution in [0.5, 0.6) is 0 Å². The van der Waals surface area contributed by atoms with Gasteiger partial charge in [0.15, 0.2) is 5.52 Å². The first-order valence-corrected chi connectivity index (χ1v) is 10.1. The summed E-state index contributed by atoms with van der Waals surface area (Å²) in [6.07, 6.45) is 0.806. The first-order valence-electron chi connectivity index (χ1n) is 10.1. The third kappa shape index (κ3) is 3.44. The summed E-state index contributed by atoms with van der Waals surface area (Å²) in [7, 11) is 1.76. The average Bonchev–Trinajstić information content (AvgIpc) is 3.03. The number of nitrogens with zero attached hydrogens (tertiary/aromatic N) is 6. The van der Waals surface area contributed by atoms with Crippen molar-refractivity contribution < 1.29 is 9.18 Å². The molecule has 0 unspecified atom stereocenters. The highest BCUT2D eigenvalue weighted by molar-refractivity contribution is 5.94. The number of halogens is 1. The molecule has 0 atom stereocenters. The Kier molecular flexibility index (Phi) is 5.27. The molecule has 9 heteroatoms. The Morgan fingerprint density at radius 2 is 1.80 bits per heavy atom. The molecule has 4 rings (SSSR count). The van der Waals surface area contributed by atoms with E-state index in [1.807, 2.05) is 13.8 Å². The van der Waals surface area contributed by atoms with Gasteiger partial charge in [0, 0.05) is 45.3 Å². The van der Waals surface area contributed by atoms with Crippen molar-refractivity contribution in [2.24, 2.45) is 7.05 Å². The van der Waals surface area contributed by atoms with Crippen molar-refractivity contribution >= 4 is 22.9 Å². The Balaban J connectivity index is 1.60. The molecule has 1 aromatic carbocycles. The van der Waals surface area contributed by atoms with Crippen LogP contribution in [0.15, 0.2) is 29.1 Å². The molecule has 8 nitrogen and oxygen atoms in total. The predicted octanol–water partition coefficient (Wildman–Crippen LogP) is 1.95. The topological polar surface area (TPSA) is 76.3 Å². The molecule has 1 aliphatic rings. The average molecular weight is 412 g/mol. The summed E-state index contributed by atoms with van der Waals surface area (Å²) in [5.41, 5.74) is 2.23. The van der Waals surface area contributed by atoms with Crippen LogP contribution >= 0.6 is 0 Å². The largest absolute Gasteiger partial charge is 0.339 e. The lowest BCUT2D eigenvalue weighted by molar-refractivity contribution is 0.0746. The molecule has 3 aromatic rings. The Bertz CT molecular complexity index is 1140. The Labute approximate surface area is 173 Å². The maximum Gasteiger partial charge on any atom is 0.281 e. The van der Waals surface area contributed by atoms with Crippen LogP contribution in [-0.2, 0) is 13.6 Å². The van der Waals surface area contributed by atoms with Gasteiger partial charge in [-0.15, -0.1) is 0 Å². The number of anilines is 1. The second-order valence-electron chi connectivity index (χ2n) is 7.56. The summed E-state index contributed by atoms with van der Waals surface area (Å²) in [5, 5.41) is 4.36. The second kappa shape index (κ2) is 7.89. The van der Waals surface area contributed by atoms with E-state index in [-0.39, 0.29) is 17.3 Å². The lowest BCUT2D eigenvalue weighted by Crippen LogP contribution is -2.50. The van der Waals surface area contributed by atoms with Crippen molar-refractivity contribution in [2.75, 3.05) is 31.1 Å². The predicted molar refractivity (Wildman–Crippen MR) is 112 cm³/mol. The highest BCUT2D eigenvalue weighted by atomic mass is 19.1. The van der Waals surface area contributed by atoms with E-state index < -0.39 is 0 Å². The summed E-state index contributed by atoms with van der Waals surface area (Å²) < 4.78 is 16.4. The van der Waals surface area contributed by atoms with Gasteiger partial charge in [0.25, 0.3) is 11.5 Å². The van der Waals surface area contributed by atoms with Gasteiger partial charge in [-0.05, 0) is 37.6 Å². The third-order valence-electron chi connectivity index (χ3n) is 5.48. The molecule has 30 heavy (non-hydrogen) atoms. The number of piperazine rings is 1. The van der Waals surface area contributed by atoms with Crippen LogP contribution in [0.3, 0.4) is 0 Å². The lowest BCUT2D eigenvalue weighted by Gasteiger charge is -2.36. The van der Waals surface area contributed by atoms with E-state index in [1.54, 1.807) is 21.2 Å². The number of carbonyl (C=O) groups excluding carboxylic acids is 1. The molecule has 0 saturated carbocycles. The van der Waals surface area contributed by atoms with Gasteiger partial charge in [0.1, 0.15) is 11.3 Å². The van der Waals surface area contributed by atoms with Crippen molar-refractivity contribution in [1.82, 2.24) is 24.2 Å². The molecule has 1 fully saturated rings. The second-order valence-corrected chi connectivity index (χ2v) is 7.56. The third-order valence-corrected chi connectivity index (χ3v) is 5.48. The number of carbonyl (C=O) groups is 1. The van der Waals surface area contributed by atoms with Crippen LogP contribution in [0.2, 0.25) is 0 Å². The van der Waals surface area contributed by atoms with Crippen molar-refractivity contribution in [1.29, 1.82) is 0 Å². The Morgan fingerprint density at radius 1 is 1.13 bits per heavy atom. The van der Waals surface area contributed by atoms with E-state index >= 15 is 0 Å². The maximum atomic E-state index is 13.1. The minimum atomic E-state index is -0.363. The standard InChI is InChI=1S/C21H25FN6O2/c1-4-9-28-20(30)18-17(14(2)24-25(18)3)23-21(28)27-12-10-26(11-13-27)19(29)15-5-7-16(22)8-6-15/h5-8H,4,9-13H2,1-3H3. The van der Waals surface area contributed by atoms with E-state index in [0.717, 1.165) is 12.1 Å². The SMILES string of the molecule is CCCn1c(N2CCN(C(=O)c3ccc(F)cc3)CC2)nc2c(C)nn(C)c2c1=O. The van der Waals surface area contributed by atoms with Gasteiger partial charge in [-0.1, -0.05) is 6.92 Å². The number of hydrogen-bond acceptors (Lipinski definition) is 5. The van der Waals surface area contributed by atoms with Gasteiger partial charge in [-0.3, -0.25) is 18.8 Å². The number of fused-ring (bicyclic) bond motifs is 1. The lowest BCUT2D eigenvalue weighted by atomic mass is 10.2. The number of rotatable bonds is 4. The number of benzene rings is 1. The van der Waals surface area contributed by atoms with Crippen LogP contribution in [0.25, 0.3) is 11.0 Å². The molecular weight excluding hydrogens is 387 g/mol. The first-order chi connectivity index (χ1) is 14.4. The molecular formula is C21H25FN6O2. The van der Waals surface area contributed by atoms with Gasteiger partial charge in [0.05, 0.1) is 5.69 Å². The molecule has 0 radical (unpaired) electrons. The molecule has 1 aliphatic heterocycles. The fourth-order valence-electron chi connectivity index (χ4n) is 3.95. The zero-order valence-corrected chi connectivity index (χ0v) is 17.4. The van der Waals surface area contributed by atoms with Crippen LogP contribution in [-0.4, -0.2) is 56.3 Å². The summed E-state index contributed by atoms with van der Waals surface area (Å²) in [6, 6.07) is 5.60. The minimum absolute atomic E-state index is 0.0928. The summed E-state index contributed by atoms with van der Waals surface area (Å²) in [4.78, 5) is 34.4. The van der Waals surface area contributed by atoms with Crippen molar-refractivity contribution in [3.63, 3.8) is 0 Å². The van der Waals surface area contributed by atoms with Crippen molar-refractivity contribution in [3.05, 3.63) is 51.7 Å². The van der Waals surface area contributed by atoms with Gasteiger partial charge < -0.3 is 9.80 Å². The molecule has 0 spiro atoms. The van der Waals surface area contributed by atoms with E-state index in [9.17, 15) is 14.0 Å². The van der Waals surface area contributed by atoms with Crippen molar-refractivity contribution in [2.45, 2.75) is 26.8 Å². The monoisotopic (exact) mass is 412 g/mol. The van der Waals surface area contributed by atoms with Crippen LogP contribution < -0.4 is 10.5 Å². The highest BCUT2D eigenvalue weighted by Crippen LogP contribution is 2.20. The molecule has 158 valence electrons. The number of aromatic nitrogens is 4. The zero-order chi connectivity index (χ0) is 21.4. The fourth-order valence-corrected chi connectivity index (χ4v) is 3.95. The van der Waals surface area contributed by atoms with E-state index in [2.05, 4.69) is 10.00 Å². The zero-order valence-electron chi connectivity index (χ0n) is 17.4. The van der Waals surface area contributed by atoms with E-state index in [1.165, 1.54) is 24.3 Å². The minimum Gasteiger partial charge on any atom is -0.339 e. The smallest absolute Gasteiger partial charge is 0.281 e. The Hall–Kier alpha value is -3.23. The first kappa shape index (κ1) is 20.1. The quantitative estimate of drug-likeness (QED) is 0.655. The Morgan fingerprint density at radius 3 is 2.43 bits per heavy atom. The number of hydrogen-bond donors (Lipinski definition) is 0. The number of amides is 1. The van der Waals surface area contributed by atoms with Gasteiger partial charge in [-0.25, -0.2) is 9.37 Å². The normalized spacial score (nSPS) is 14.5. The van der Waals surface area contributed by atoms with Gasteiger partial charge >= 0.3 is 0 Å². The van der Waals surface area contributed by atoms with Gasteiger partial charge in [0.2, 0.25) is 5.95 Å². The molecule has 3 heterocycles. The molecule has 2 aromatic heterocycles. The molecule has 0 N–H and O–H groups in total. The fraction of sp³-hybridized carbons (Fsp3) is 0.429. The van der Waals surface area contributed by atoms with Crippen LogP contribution in [0.4, 0.5) is 10.3 Å². The summed E-state index contributed by atoms with van der Waals surface area (Å²) in [6.45, 7) is 6.57. The molecule has 1 amide bonds. The molecule has 0 aliphatic carbocycles. The van der Waals surface area contributed by atoms with E-state index in [4.69, 9.17) is 4.98 Å². The summed E-state index contributed by atoms with van der Waals surface area (Å²) in [5.74, 6) is 0.142. The van der Waals surface area contributed by atoms with Crippen LogP contribution in [0.1, 0.15) is 29.4 Å². The molecule has 0 bridgehead atoms. The highest BCUT2D eigenvalue weighted by Gasteiger charge is 2.26. The van der Waals surface area contributed by atoms with Gasteiger partial charge in [-0.2, -0.15) is 5.10 Å². The van der Waals surface area contributed by atoms with Crippen molar-refractivity contribution in [3.8, 4) is 0 Å².